The molecule has 2 aliphatic rings. The summed E-state index contributed by atoms with van der Waals surface area (Å²) in [5.74, 6) is -2.33. The molecule has 12 heteroatoms. The van der Waals surface area contributed by atoms with Crippen LogP contribution in [0.25, 0.3) is 27.8 Å². The van der Waals surface area contributed by atoms with E-state index in [1.165, 1.54) is 29.2 Å². The maximum atomic E-state index is 13.4. The number of likely N-dealkylation sites (tertiary alicyclic amines) is 1. The lowest BCUT2D eigenvalue weighted by Crippen LogP contribution is -2.48. The van der Waals surface area contributed by atoms with Crippen molar-refractivity contribution < 1.29 is 27.1 Å². The lowest BCUT2D eigenvalue weighted by atomic mass is 9.92. The second kappa shape index (κ2) is 8.43. The van der Waals surface area contributed by atoms with Gasteiger partial charge < -0.3 is 9.64 Å². The van der Waals surface area contributed by atoms with Crippen molar-refractivity contribution in [2.75, 3.05) is 13.1 Å². The first-order valence-electron chi connectivity index (χ1n) is 11.6. The molecule has 2 fully saturated rings. The van der Waals surface area contributed by atoms with Gasteiger partial charge in [0.05, 0.1) is 29.0 Å². The number of amides is 1. The van der Waals surface area contributed by atoms with Crippen molar-refractivity contribution in [1.82, 2.24) is 29.4 Å². The summed E-state index contributed by atoms with van der Waals surface area (Å²) in [5, 5.41) is 10.0. The highest BCUT2D eigenvalue weighted by atomic mass is 19.4. The van der Waals surface area contributed by atoms with E-state index in [0.717, 1.165) is 29.4 Å². The number of benzene rings is 1. The normalized spacial score (nSPS) is 16.2. The molecular weight excluding hydrogens is 492 g/mol. The topological polar surface area (TPSA) is 78.1 Å². The van der Waals surface area contributed by atoms with Crippen LogP contribution in [-0.4, -0.2) is 54.8 Å². The second-order valence-corrected chi connectivity index (χ2v) is 9.15. The van der Waals surface area contributed by atoms with Gasteiger partial charge in [0.15, 0.2) is 11.5 Å². The SMILES string of the molecule is C=C(F)C(=O)N1CC(c2nn(-c3ccc(OC(F)(F)F)cc3)c3nccc(-c4cnn(C5CC5)c4)c23)C1. The molecule has 37 heavy (non-hydrogen) atoms. The van der Waals surface area contributed by atoms with E-state index >= 15 is 0 Å². The van der Waals surface area contributed by atoms with Crippen LogP contribution in [0.4, 0.5) is 17.6 Å². The average molecular weight is 512 g/mol. The Balaban J connectivity index is 1.43. The summed E-state index contributed by atoms with van der Waals surface area (Å²) in [4.78, 5) is 17.9. The van der Waals surface area contributed by atoms with E-state index in [0.29, 0.717) is 23.1 Å². The maximum absolute atomic E-state index is 13.4. The first kappa shape index (κ1) is 23.2. The van der Waals surface area contributed by atoms with E-state index in [4.69, 9.17) is 5.10 Å². The van der Waals surface area contributed by atoms with Crippen LogP contribution in [-0.2, 0) is 4.79 Å². The standard InChI is InChI=1S/C25H20F4N6O2/c1-14(26)24(36)33-11-16(12-33)22-21-20(15-10-31-34(13-15)17-2-3-17)8-9-30-23(21)35(32-22)18-4-6-19(7-5-18)37-25(27,28)29/h4-10,13,16-17H,1-3,11-12H2. The van der Waals surface area contributed by atoms with Crippen molar-refractivity contribution in [1.29, 1.82) is 0 Å². The van der Waals surface area contributed by atoms with Gasteiger partial charge in [-0.3, -0.25) is 9.48 Å². The zero-order valence-corrected chi connectivity index (χ0v) is 19.3. The summed E-state index contributed by atoms with van der Waals surface area (Å²) >= 11 is 0. The van der Waals surface area contributed by atoms with Gasteiger partial charge in [-0.2, -0.15) is 10.2 Å². The molecule has 0 N–H and O–H groups in total. The molecule has 1 saturated heterocycles. The Morgan fingerprint density at radius 3 is 2.49 bits per heavy atom. The molecule has 4 heterocycles. The third kappa shape index (κ3) is 4.32. The summed E-state index contributed by atoms with van der Waals surface area (Å²) in [6.45, 7) is 3.58. The Hall–Kier alpha value is -4.22. The number of carbonyl (C=O) groups is 1. The Morgan fingerprint density at radius 2 is 1.84 bits per heavy atom. The number of fused-ring (bicyclic) bond motifs is 1. The number of hydrogen-bond donors (Lipinski definition) is 0. The Bertz CT molecular complexity index is 1510. The number of halogens is 4. The van der Waals surface area contributed by atoms with Crippen molar-refractivity contribution in [3.05, 3.63) is 67.0 Å². The van der Waals surface area contributed by atoms with Crippen molar-refractivity contribution >= 4 is 16.9 Å². The van der Waals surface area contributed by atoms with Crippen molar-refractivity contribution in [3.63, 3.8) is 0 Å². The van der Waals surface area contributed by atoms with Crippen LogP contribution in [0.2, 0.25) is 0 Å². The summed E-state index contributed by atoms with van der Waals surface area (Å²) in [6, 6.07) is 7.58. The number of alkyl halides is 3. The first-order valence-corrected chi connectivity index (χ1v) is 11.6. The van der Waals surface area contributed by atoms with Crippen LogP contribution in [0, 0.1) is 0 Å². The van der Waals surface area contributed by atoms with Crippen LogP contribution in [0.3, 0.4) is 0 Å². The van der Waals surface area contributed by atoms with E-state index in [1.807, 2.05) is 16.9 Å². The van der Waals surface area contributed by atoms with Crippen LogP contribution in [0.1, 0.15) is 30.5 Å². The number of nitrogens with zero attached hydrogens (tertiary/aromatic N) is 6. The van der Waals surface area contributed by atoms with Gasteiger partial charge in [0.1, 0.15) is 5.75 Å². The van der Waals surface area contributed by atoms with Gasteiger partial charge >= 0.3 is 6.36 Å². The molecule has 8 nitrogen and oxygen atoms in total. The third-order valence-electron chi connectivity index (χ3n) is 6.53. The molecule has 1 aromatic carbocycles. The summed E-state index contributed by atoms with van der Waals surface area (Å²) in [6.07, 6.45) is 2.75. The Morgan fingerprint density at radius 1 is 1.11 bits per heavy atom. The van der Waals surface area contributed by atoms with Crippen molar-refractivity contribution in [2.45, 2.75) is 31.2 Å². The largest absolute Gasteiger partial charge is 0.573 e. The molecule has 4 aromatic rings. The smallest absolute Gasteiger partial charge is 0.406 e. The number of rotatable bonds is 6. The molecule has 1 amide bonds. The van der Waals surface area contributed by atoms with Gasteiger partial charge in [0, 0.05) is 37.0 Å². The van der Waals surface area contributed by atoms with Crippen LogP contribution in [0.15, 0.2) is 61.3 Å². The molecule has 1 aliphatic carbocycles. The lowest BCUT2D eigenvalue weighted by molar-refractivity contribution is -0.274. The third-order valence-corrected chi connectivity index (χ3v) is 6.53. The fraction of sp³-hybridized carbons (Fsp3) is 0.280. The van der Waals surface area contributed by atoms with E-state index < -0.39 is 18.1 Å². The molecule has 0 spiro atoms. The highest BCUT2D eigenvalue weighted by Gasteiger charge is 2.37. The highest BCUT2D eigenvalue weighted by Crippen LogP contribution is 2.40. The average Bonchev–Trinajstić information content (AvgIpc) is 3.43. The minimum atomic E-state index is -4.80. The number of ether oxygens (including phenoxy) is 1. The number of carbonyl (C=O) groups excluding carboxylic acids is 1. The fourth-order valence-electron chi connectivity index (χ4n) is 4.57. The van der Waals surface area contributed by atoms with Gasteiger partial charge in [-0.25, -0.2) is 14.1 Å². The van der Waals surface area contributed by atoms with Gasteiger partial charge in [0.25, 0.3) is 5.91 Å². The highest BCUT2D eigenvalue weighted by molar-refractivity contribution is 5.96. The summed E-state index contributed by atoms with van der Waals surface area (Å²) in [7, 11) is 0. The molecule has 0 atom stereocenters. The predicted molar refractivity (Wildman–Crippen MR) is 125 cm³/mol. The van der Waals surface area contributed by atoms with Gasteiger partial charge in [-0.15, -0.1) is 13.2 Å². The monoisotopic (exact) mass is 512 g/mol. The Labute approximate surface area is 207 Å². The van der Waals surface area contributed by atoms with Gasteiger partial charge in [-0.1, -0.05) is 6.58 Å². The minimum Gasteiger partial charge on any atom is -0.406 e. The number of aromatic nitrogens is 5. The fourth-order valence-corrected chi connectivity index (χ4v) is 4.57. The van der Waals surface area contributed by atoms with Crippen LogP contribution < -0.4 is 4.74 Å². The zero-order valence-electron chi connectivity index (χ0n) is 19.3. The van der Waals surface area contributed by atoms with Gasteiger partial charge in [0.2, 0.25) is 0 Å². The van der Waals surface area contributed by atoms with Crippen LogP contribution >= 0.6 is 0 Å². The molecule has 1 saturated carbocycles. The van der Waals surface area contributed by atoms with E-state index in [1.54, 1.807) is 17.1 Å². The van der Waals surface area contributed by atoms with E-state index in [2.05, 4.69) is 21.4 Å². The quantitative estimate of drug-likeness (QED) is 0.271. The molecule has 1 aliphatic heterocycles. The maximum Gasteiger partial charge on any atom is 0.573 e. The van der Waals surface area contributed by atoms with Gasteiger partial charge in [-0.05, 0) is 48.7 Å². The summed E-state index contributed by atoms with van der Waals surface area (Å²) in [5.41, 5.74) is 3.35. The number of hydrogen-bond acceptors (Lipinski definition) is 5. The molecule has 190 valence electrons. The first-order chi connectivity index (χ1) is 17.7. The minimum absolute atomic E-state index is 0.193. The molecular formula is C25H20F4N6O2. The zero-order chi connectivity index (χ0) is 25.9. The van der Waals surface area contributed by atoms with E-state index in [-0.39, 0.29) is 24.8 Å². The van der Waals surface area contributed by atoms with Crippen molar-refractivity contribution in [2.24, 2.45) is 0 Å². The molecule has 3 aromatic heterocycles. The molecule has 0 bridgehead atoms. The number of pyridine rings is 1. The lowest BCUT2D eigenvalue weighted by Gasteiger charge is -2.38. The predicted octanol–water partition coefficient (Wildman–Crippen LogP) is 4.93. The van der Waals surface area contributed by atoms with Crippen LogP contribution in [0.5, 0.6) is 5.75 Å². The van der Waals surface area contributed by atoms with Crippen molar-refractivity contribution in [3.8, 4) is 22.6 Å². The second-order valence-electron chi connectivity index (χ2n) is 9.15. The molecule has 6 rings (SSSR count). The molecule has 0 unspecified atom stereocenters. The molecule has 0 radical (unpaired) electrons. The van der Waals surface area contributed by atoms with E-state index in [9.17, 15) is 22.4 Å². The Kier molecular flexibility index (Phi) is 5.28. The summed E-state index contributed by atoms with van der Waals surface area (Å²) < 4.78 is 58.6.